The number of pyridine rings is 1. The van der Waals surface area contributed by atoms with Crippen molar-refractivity contribution in [2.75, 3.05) is 19.6 Å². The highest BCUT2D eigenvalue weighted by Crippen LogP contribution is 2.19. The lowest BCUT2D eigenvalue weighted by Gasteiger charge is -2.43. The van der Waals surface area contributed by atoms with Crippen LogP contribution in [0.3, 0.4) is 0 Å². The predicted molar refractivity (Wildman–Crippen MR) is 80.7 cm³/mol. The van der Waals surface area contributed by atoms with E-state index in [0.717, 1.165) is 0 Å². The van der Waals surface area contributed by atoms with Gasteiger partial charge in [-0.3, -0.25) is 14.6 Å². The van der Waals surface area contributed by atoms with Crippen molar-refractivity contribution in [3.8, 4) is 0 Å². The van der Waals surface area contributed by atoms with Crippen molar-refractivity contribution in [3.63, 3.8) is 0 Å². The number of hydrogen-bond acceptors (Lipinski definition) is 3. The lowest BCUT2D eigenvalue weighted by Crippen LogP contribution is -2.58. The topological polar surface area (TPSA) is 53.5 Å². The molecule has 1 aromatic rings. The fraction of sp³-hybridized carbons (Fsp3) is 0.438. The molecule has 1 fully saturated rings. The molecular formula is C16H21N3O2. The molecule has 2 amide bonds. The minimum Gasteiger partial charge on any atom is -0.335 e. The van der Waals surface area contributed by atoms with E-state index in [1.165, 1.54) is 6.08 Å². The Morgan fingerprint density at radius 1 is 1.43 bits per heavy atom. The van der Waals surface area contributed by atoms with Crippen LogP contribution < -0.4 is 0 Å². The summed E-state index contributed by atoms with van der Waals surface area (Å²) in [6.07, 6.45) is 4.57. The molecule has 1 atom stereocenters. The molecule has 0 saturated carbocycles. The van der Waals surface area contributed by atoms with Crippen molar-refractivity contribution in [3.05, 3.63) is 42.7 Å². The number of amides is 2. The van der Waals surface area contributed by atoms with Gasteiger partial charge in [-0.15, -0.1) is 0 Å². The molecule has 21 heavy (non-hydrogen) atoms. The Bertz CT molecular complexity index is 528. The van der Waals surface area contributed by atoms with Crippen LogP contribution >= 0.6 is 0 Å². The van der Waals surface area contributed by atoms with Crippen molar-refractivity contribution in [1.82, 2.24) is 14.8 Å². The minimum absolute atomic E-state index is 0.0184. The Labute approximate surface area is 125 Å². The molecule has 0 unspecified atom stereocenters. The molecule has 1 saturated heterocycles. The molecule has 0 bridgehead atoms. The van der Waals surface area contributed by atoms with E-state index < -0.39 is 0 Å². The minimum atomic E-state index is -0.0674. The van der Waals surface area contributed by atoms with Gasteiger partial charge in [0.1, 0.15) is 0 Å². The third-order valence-corrected chi connectivity index (χ3v) is 3.84. The molecule has 0 aliphatic carbocycles. The summed E-state index contributed by atoms with van der Waals surface area (Å²) in [4.78, 5) is 32.0. The fourth-order valence-electron chi connectivity index (χ4n) is 2.63. The number of rotatable bonds is 3. The molecule has 0 N–H and O–H groups in total. The van der Waals surface area contributed by atoms with E-state index in [4.69, 9.17) is 0 Å². The third-order valence-electron chi connectivity index (χ3n) is 3.84. The molecule has 5 nitrogen and oxygen atoms in total. The Balaban J connectivity index is 2.14. The van der Waals surface area contributed by atoms with Gasteiger partial charge in [-0.05, 0) is 24.1 Å². The lowest BCUT2D eigenvalue weighted by molar-refractivity contribution is -0.131. The number of aromatic nitrogens is 1. The summed E-state index contributed by atoms with van der Waals surface area (Å²) in [5, 5.41) is 0. The predicted octanol–water partition coefficient (Wildman–Crippen LogP) is 1.58. The second-order valence-corrected chi connectivity index (χ2v) is 5.54. The largest absolute Gasteiger partial charge is 0.335 e. The van der Waals surface area contributed by atoms with E-state index in [9.17, 15) is 9.59 Å². The fourth-order valence-corrected chi connectivity index (χ4v) is 2.63. The van der Waals surface area contributed by atoms with Crippen LogP contribution in [0, 0.1) is 5.92 Å². The molecule has 1 aromatic heterocycles. The van der Waals surface area contributed by atoms with E-state index in [2.05, 4.69) is 25.4 Å². The molecule has 1 aliphatic heterocycles. The van der Waals surface area contributed by atoms with Crippen molar-refractivity contribution >= 4 is 11.8 Å². The summed E-state index contributed by atoms with van der Waals surface area (Å²) in [5.41, 5.74) is 0.587. The van der Waals surface area contributed by atoms with Crippen LogP contribution in [0.4, 0.5) is 0 Å². The monoisotopic (exact) mass is 287 g/mol. The Kier molecular flexibility index (Phi) is 4.73. The van der Waals surface area contributed by atoms with Crippen LogP contribution in [0.5, 0.6) is 0 Å². The van der Waals surface area contributed by atoms with Gasteiger partial charge in [0, 0.05) is 32.0 Å². The molecule has 1 aliphatic rings. The zero-order valence-corrected chi connectivity index (χ0v) is 12.5. The van der Waals surface area contributed by atoms with Gasteiger partial charge in [0.05, 0.1) is 11.6 Å². The van der Waals surface area contributed by atoms with E-state index in [1.54, 1.807) is 29.4 Å². The van der Waals surface area contributed by atoms with E-state index in [1.807, 2.05) is 4.90 Å². The summed E-state index contributed by atoms with van der Waals surface area (Å²) < 4.78 is 0. The van der Waals surface area contributed by atoms with Gasteiger partial charge in [0.15, 0.2) is 0 Å². The van der Waals surface area contributed by atoms with Crippen LogP contribution in [0.2, 0.25) is 0 Å². The van der Waals surface area contributed by atoms with Gasteiger partial charge >= 0.3 is 0 Å². The smallest absolute Gasteiger partial charge is 0.255 e. The molecule has 2 rings (SSSR count). The summed E-state index contributed by atoms with van der Waals surface area (Å²) in [6, 6.07) is 3.54. The van der Waals surface area contributed by atoms with Crippen LogP contribution in [-0.2, 0) is 4.79 Å². The first-order valence-electron chi connectivity index (χ1n) is 7.17. The highest BCUT2D eigenvalue weighted by atomic mass is 16.2. The normalized spacial score (nSPS) is 18.7. The maximum absolute atomic E-state index is 12.5. The first-order chi connectivity index (χ1) is 10.0. The van der Waals surface area contributed by atoms with Crippen LogP contribution in [-0.4, -0.2) is 52.3 Å². The molecule has 2 heterocycles. The zero-order valence-electron chi connectivity index (χ0n) is 12.5. The van der Waals surface area contributed by atoms with Gasteiger partial charge in [0.2, 0.25) is 5.91 Å². The average molecular weight is 287 g/mol. The SMILES string of the molecule is C=CC(=O)N1CCN(C(=O)c2cccnc2)C[C@@H]1C(C)C. The molecule has 0 spiro atoms. The van der Waals surface area contributed by atoms with E-state index in [-0.39, 0.29) is 23.8 Å². The average Bonchev–Trinajstić information content (AvgIpc) is 2.53. The van der Waals surface area contributed by atoms with Crippen LogP contribution in [0.25, 0.3) is 0 Å². The number of carbonyl (C=O) groups is 2. The summed E-state index contributed by atoms with van der Waals surface area (Å²) >= 11 is 0. The standard InChI is InChI=1S/C16H21N3O2/c1-4-15(20)19-9-8-18(11-14(19)12(2)3)16(21)13-6-5-7-17-10-13/h4-7,10,12,14H,1,8-9,11H2,2-3H3/t14-/m1/s1. The van der Waals surface area contributed by atoms with Crippen molar-refractivity contribution in [2.24, 2.45) is 5.92 Å². The number of nitrogens with zero attached hydrogens (tertiary/aromatic N) is 3. The molecule has 0 aromatic carbocycles. The van der Waals surface area contributed by atoms with Gasteiger partial charge in [-0.1, -0.05) is 20.4 Å². The van der Waals surface area contributed by atoms with Gasteiger partial charge in [-0.2, -0.15) is 0 Å². The van der Waals surface area contributed by atoms with Gasteiger partial charge in [-0.25, -0.2) is 0 Å². The quantitative estimate of drug-likeness (QED) is 0.793. The number of piperazine rings is 1. The summed E-state index contributed by atoms with van der Waals surface area (Å²) in [6.45, 7) is 9.30. The molecule has 112 valence electrons. The first kappa shape index (κ1) is 15.2. The Hall–Kier alpha value is -2.17. The number of carbonyl (C=O) groups excluding carboxylic acids is 2. The molecule has 0 radical (unpaired) electrons. The maximum atomic E-state index is 12.5. The number of hydrogen-bond donors (Lipinski definition) is 0. The molecule has 5 heteroatoms. The van der Waals surface area contributed by atoms with Crippen LogP contribution in [0.1, 0.15) is 24.2 Å². The van der Waals surface area contributed by atoms with Gasteiger partial charge < -0.3 is 9.80 Å². The first-order valence-corrected chi connectivity index (χ1v) is 7.17. The highest BCUT2D eigenvalue weighted by molar-refractivity contribution is 5.94. The lowest BCUT2D eigenvalue weighted by atomic mass is 9.99. The maximum Gasteiger partial charge on any atom is 0.255 e. The van der Waals surface area contributed by atoms with Gasteiger partial charge in [0.25, 0.3) is 5.91 Å². The highest BCUT2D eigenvalue weighted by Gasteiger charge is 2.33. The second-order valence-electron chi connectivity index (χ2n) is 5.54. The van der Waals surface area contributed by atoms with Crippen LogP contribution in [0.15, 0.2) is 37.2 Å². The van der Waals surface area contributed by atoms with E-state index in [0.29, 0.717) is 25.2 Å². The Morgan fingerprint density at radius 3 is 2.76 bits per heavy atom. The van der Waals surface area contributed by atoms with Crippen molar-refractivity contribution in [1.29, 1.82) is 0 Å². The summed E-state index contributed by atoms with van der Waals surface area (Å²) in [5.74, 6) is 0.181. The van der Waals surface area contributed by atoms with Crippen molar-refractivity contribution < 1.29 is 9.59 Å². The van der Waals surface area contributed by atoms with Crippen molar-refractivity contribution in [2.45, 2.75) is 19.9 Å². The van der Waals surface area contributed by atoms with E-state index >= 15 is 0 Å². The second kappa shape index (κ2) is 6.52. The Morgan fingerprint density at radius 2 is 2.19 bits per heavy atom. The summed E-state index contributed by atoms with van der Waals surface area (Å²) in [7, 11) is 0. The third kappa shape index (κ3) is 3.29. The molecular weight excluding hydrogens is 266 g/mol. The zero-order chi connectivity index (χ0) is 15.4.